The molecular formula is C14H7BrClN3O4. The Morgan fingerprint density at radius 1 is 1.30 bits per heavy atom. The van der Waals surface area contributed by atoms with Crippen LogP contribution >= 0.6 is 27.5 Å². The van der Waals surface area contributed by atoms with Crippen molar-refractivity contribution in [2.24, 2.45) is 0 Å². The fraction of sp³-hybridized carbons (Fsp3) is 0. The molecule has 0 amide bonds. The molecule has 0 aliphatic rings. The van der Waals surface area contributed by atoms with Crippen LogP contribution in [0.15, 0.2) is 51.9 Å². The van der Waals surface area contributed by atoms with E-state index in [-0.39, 0.29) is 17.3 Å². The average Bonchev–Trinajstić information content (AvgIpc) is 2.50. The molecule has 116 valence electrons. The van der Waals surface area contributed by atoms with E-state index in [4.69, 9.17) is 16.3 Å². The molecule has 3 rings (SSSR count). The first kappa shape index (κ1) is 15.4. The minimum absolute atomic E-state index is 0.239. The standard InChI is InChI=1S/C14H7BrClN3O4/c15-9-7-8(16)4-5-10(9)23-13-12(19(21)22)14(20)18-6-2-1-3-11(18)17-13/h1-7H. The van der Waals surface area contributed by atoms with Crippen molar-refractivity contribution < 1.29 is 9.66 Å². The number of rotatable bonds is 3. The first-order valence-electron chi connectivity index (χ1n) is 6.26. The molecule has 0 atom stereocenters. The molecule has 0 aliphatic heterocycles. The monoisotopic (exact) mass is 395 g/mol. The Labute approximate surface area is 142 Å². The van der Waals surface area contributed by atoms with Crippen molar-refractivity contribution in [2.75, 3.05) is 0 Å². The highest BCUT2D eigenvalue weighted by Crippen LogP contribution is 2.33. The summed E-state index contributed by atoms with van der Waals surface area (Å²) in [4.78, 5) is 26.8. The number of ether oxygens (including phenoxy) is 1. The quantitative estimate of drug-likeness (QED) is 0.496. The van der Waals surface area contributed by atoms with Gasteiger partial charge < -0.3 is 4.74 Å². The summed E-state index contributed by atoms with van der Waals surface area (Å²) in [6.45, 7) is 0. The molecule has 0 fully saturated rings. The lowest BCUT2D eigenvalue weighted by molar-refractivity contribution is -0.387. The fourth-order valence-electron chi connectivity index (χ4n) is 1.95. The molecule has 2 heterocycles. The normalized spacial score (nSPS) is 10.7. The van der Waals surface area contributed by atoms with Crippen LogP contribution in [0.5, 0.6) is 11.6 Å². The molecule has 9 heteroatoms. The van der Waals surface area contributed by atoms with E-state index >= 15 is 0 Å². The summed E-state index contributed by atoms with van der Waals surface area (Å²) < 4.78 is 7.04. The number of hydrogen-bond donors (Lipinski definition) is 0. The van der Waals surface area contributed by atoms with Gasteiger partial charge in [0.2, 0.25) is 0 Å². The summed E-state index contributed by atoms with van der Waals surface area (Å²) in [5.41, 5.74) is -1.32. The fourth-order valence-corrected chi connectivity index (χ4v) is 2.71. The van der Waals surface area contributed by atoms with E-state index in [1.807, 2.05) is 0 Å². The molecule has 0 saturated heterocycles. The second-order valence-electron chi connectivity index (χ2n) is 4.43. The number of hydrogen-bond acceptors (Lipinski definition) is 5. The molecule has 3 aromatic rings. The van der Waals surface area contributed by atoms with E-state index in [1.165, 1.54) is 12.3 Å². The Morgan fingerprint density at radius 2 is 2.09 bits per heavy atom. The van der Waals surface area contributed by atoms with Gasteiger partial charge in [-0.3, -0.25) is 19.3 Å². The third-order valence-electron chi connectivity index (χ3n) is 2.96. The van der Waals surface area contributed by atoms with Gasteiger partial charge in [-0.2, -0.15) is 4.98 Å². The second-order valence-corrected chi connectivity index (χ2v) is 5.72. The van der Waals surface area contributed by atoms with Gasteiger partial charge in [-0.05, 0) is 46.3 Å². The molecular weight excluding hydrogens is 390 g/mol. The van der Waals surface area contributed by atoms with Gasteiger partial charge >= 0.3 is 17.1 Å². The van der Waals surface area contributed by atoms with Crippen LogP contribution in [0.25, 0.3) is 5.65 Å². The maximum absolute atomic E-state index is 12.3. The number of fused-ring (bicyclic) bond motifs is 1. The van der Waals surface area contributed by atoms with Crippen LogP contribution in [0.1, 0.15) is 0 Å². The Bertz CT molecular complexity index is 989. The summed E-state index contributed by atoms with van der Waals surface area (Å²) in [6, 6.07) is 9.43. The zero-order chi connectivity index (χ0) is 16.6. The van der Waals surface area contributed by atoms with E-state index in [1.54, 1.807) is 30.3 Å². The van der Waals surface area contributed by atoms with Crippen molar-refractivity contribution in [1.82, 2.24) is 9.38 Å². The Balaban J connectivity index is 2.21. The zero-order valence-electron chi connectivity index (χ0n) is 11.3. The lowest BCUT2D eigenvalue weighted by atomic mass is 10.3. The van der Waals surface area contributed by atoms with Crippen LogP contribution in [-0.4, -0.2) is 14.3 Å². The van der Waals surface area contributed by atoms with Crippen LogP contribution in [0, 0.1) is 10.1 Å². The van der Waals surface area contributed by atoms with Gasteiger partial charge in [-0.1, -0.05) is 17.7 Å². The van der Waals surface area contributed by atoms with Gasteiger partial charge in [-0.25, -0.2) is 0 Å². The highest BCUT2D eigenvalue weighted by atomic mass is 79.9. The van der Waals surface area contributed by atoms with Crippen LogP contribution in [0.2, 0.25) is 5.02 Å². The van der Waals surface area contributed by atoms with Crippen molar-refractivity contribution in [1.29, 1.82) is 0 Å². The molecule has 2 aromatic heterocycles. The topological polar surface area (TPSA) is 86.7 Å². The van der Waals surface area contributed by atoms with Gasteiger partial charge in [0.25, 0.3) is 0 Å². The Hall–Kier alpha value is -2.45. The molecule has 0 unspecified atom stereocenters. The molecule has 0 bridgehead atoms. The highest BCUT2D eigenvalue weighted by molar-refractivity contribution is 9.10. The Kier molecular flexibility index (Phi) is 4.01. The minimum atomic E-state index is -0.819. The first-order chi connectivity index (χ1) is 11.0. The number of benzene rings is 1. The zero-order valence-corrected chi connectivity index (χ0v) is 13.6. The molecule has 0 spiro atoms. The van der Waals surface area contributed by atoms with Crippen molar-refractivity contribution in [3.63, 3.8) is 0 Å². The van der Waals surface area contributed by atoms with Crippen molar-refractivity contribution >= 4 is 38.9 Å². The summed E-state index contributed by atoms with van der Waals surface area (Å²) >= 11 is 9.09. The molecule has 0 saturated carbocycles. The van der Waals surface area contributed by atoms with Gasteiger partial charge in [-0.15, -0.1) is 0 Å². The van der Waals surface area contributed by atoms with Crippen molar-refractivity contribution in [3.05, 3.63) is 72.6 Å². The van der Waals surface area contributed by atoms with Gasteiger partial charge in [0, 0.05) is 11.2 Å². The predicted molar refractivity (Wildman–Crippen MR) is 87.3 cm³/mol. The number of aromatic nitrogens is 2. The molecule has 1 aromatic carbocycles. The van der Waals surface area contributed by atoms with E-state index in [0.29, 0.717) is 9.50 Å². The molecule has 0 N–H and O–H groups in total. The van der Waals surface area contributed by atoms with Gasteiger partial charge in [0.05, 0.1) is 9.40 Å². The van der Waals surface area contributed by atoms with E-state index in [9.17, 15) is 14.9 Å². The van der Waals surface area contributed by atoms with Crippen molar-refractivity contribution in [2.45, 2.75) is 0 Å². The van der Waals surface area contributed by atoms with E-state index in [2.05, 4.69) is 20.9 Å². The number of pyridine rings is 1. The highest BCUT2D eigenvalue weighted by Gasteiger charge is 2.26. The smallest absolute Gasteiger partial charge is 0.396 e. The molecule has 0 radical (unpaired) electrons. The summed E-state index contributed by atoms with van der Waals surface area (Å²) in [5.74, 6) is -0.126. The summed E-state index contributed by atoms with van der Waals surface area (Å²) in [5, 5.41) is 11.7. The lowest BCUT2D eigenvalue weighted by Crippen LogP contribution is -2.19. The number of nitro groups is 1. The van der Waals surface area contributed by atoms with Crippen LogP contribution < -0.4 is 10.3 Å². The maximum atomic E-state index is 12.3. The van der Waals surface area contributed by atoms with Crippen LogP contribution in [-0.2, 0) is 0 Å². The number of halogens is 2. The predicted octanol–water partition coefficient (Wildman–Crippen LogP) is 3.81. The third kappa shape index (κ3) is 2.90. The first-order valence-corrected chi connectivity index (χ1v) is 7.43. The number of nitrogens with zero attached hydrogens (tertiary/aromatic N) is 3. The average molecular weight is 397 g/mol. The van der Waals surface area contributed by atoms with Gasteiger partial charge in [0.1, 0.15) is 11.4 Å². The minimum Gasteiger partial charge on any atom is -0.432 e. The molecule has 23 heavy (non-hydrogen) atoms. The third-order valence-corrected chi connectivity index (χ3v) is 3.82. The van der Waals surface area contributed by atoms with Crippen LogP contribution in [0.4, 0.5) is 5.69 Å². The molecule has 7 nitrogen and oxygen atoms in total. The largest absolute Gasteiger partial charge is 0.432 e. The second kappa shape index (κ2) is 5.98. The SMILES string of the molecule is O=c1c([N+](=O)[O-])c(Oc2ccc(Cl)cc2Br)nc2ccccn12. The Morgan fingerprint density at radius 3 is 2.78 bits per heavy atom. The van der Waals surface area contributed by atoms with E-state index in [0.717, 1.165) is 4.40 Å². The van der Waals surface area contributed by atoms with Crippen LogP contribution in [0.3, 0.4) is 0 Å². The van der Waals surface area contributed by atoms with Gasteiger partial charge in [0.15, 0.2) is 0 Å². The summed E-state index contributed by atoms with van der Waals surface area (Å²) in [7, 11) is 0. The lowest BCUT2D eigenvalue weighted by Gasteiger charge is -2.08. The molecule has 0 aliphatic carbocycles. The van der Waals surface area contributed by atoms with Crippen molar-refractivity contribution in [3.8, 4) is 11.6 Å². The summed E-state index contributed by atoms with van der Waals surface area (Å²) in [6.07, 6.45) is 1.40. The van der Waals surface area contributed by atoms with E-state index < -0.39 is 16.2 Å². The maximum Gasteiger partial charge on any atom is 0.396 e.